The van der Waals surface area contributed by atoms with Gasteiger partial charge in [-0.3, -0.25) is 9.58 Å². The second-order valence-electron chi connectivity index (χ2n) is 5.54. The van der Waals surface area contributed by atoms with Gasteiger partial charge in [-0.25, -0.2) is 0 Å². The minimum atomic E-state index is 0.633. The van der Waals surface area contributed by atoms with Crippen LogP contribution in [0.4, 0.5) is 0 Å². The second kappa shape index (κ2) is 6.34. The predicted octanol–water partition coefficient (Wildman–Crippen LogP) is 1.77. The SMILES string of the molecule is CNC1CCCCCC1N(C)Cc1cnn(C)c1. The number of likely N-dealkylation sites (N-methyl/N-ethyl adjacent to an activating group) is 2. The molecule has 4 nitrogen and oxygen atoms in total. The molecule has 1 aliphatic carbocycles. The lowest BCUT2D eigenvalue weighted by atomic mass is 10.0. The Labute approximate surface area is 110 Å². The highest BCUT2D eigenvalue weighted by atomic mass is 15.2. The van der Waals surface area contributed by atoms with E-state index in [4.69, 9.17) is 0 Å². The molecule has 2 unspecified atom stereocenters. The fourth-order valence-corrected chi connectivity index (χ4v) is 3.11. The highest BCUT2D eigenvalue weighted by Crippen LogP contribution is 2.22. The topological polar surface area (TPSA) is 33.1 Å². The number of aromatic nitrogens is 2. The van der Waals surface area contributed by atoms with Crippen LogP contribution in [0, 0.1) is 0 Å². The van der Waals surface area contributed by atoms with Gasteiger partial charge in [0.1, 0.15) is 0 Å². The molecule has 1 saturated carbocycles. The first kappa shape index (κ1) is 13.6. The van der Waals surface area contributed by atoms with Crippen LogP contribution >= 0.6 is 0 Å². The van der Waals surface area contributed by atoms with Crippen molar-refractivity contribution in [1.82, 2.24) is 20.0 Å². The third kappa shape index (κ3) is 3.33. The van der Waals surface area contributed by atoms with Gasteiger partial charge in [-0.05, 0) is 26.9 Å². The van der Waals surface area contributed by atoms with Crippen LogP contribution in [0.25, 0.3) is 0 Å². The highest BCUT2D eigenvalue weighted by Gasteiger charge is 2.25. The van der Waals surface area contributed by atoms with Gasteiger partial charge < -0.3 is 5.32 Å². The summed E-state index contributed by atoms with van der Waals surface area (Å²) in [6.07, 6.45) is 10.8. The van der Waals surface area contributed by atoms with E-state index in [1.807, 2.05) is 17.9 Å². The average molecular weight is 250 g/mol. The van der Waals surface area contributed by atoms with Crippen molar-refractivity contribution in [1.29, 1.82) is 0 Å². The maximum Gasteiger partial charge on any atom is 0.0534 e. The van der Waals surface area contributed by atoms with E-state index in [1.165, 1.54) is 37.7 Å². The molecule has 1 aromatic rings. The third-order valence-electron chi connectivity index (χ3n) is 4.11. The molecular formula is C14H26N4. The van der Waals surface area contributed by atoms with Crippen molar-refractivity contribution in [3.8, 4) is 0 Å². The van der Waals surface area contributed by atoms with Crippen LogP contribution in [-0.2, 0) is 13.6 Å². The Kier molecular flexibility index (Phi) is 4.78. The summed E-state index contributed by atoms with van der Waals surface area (Å²) >= 11 is 0. The van der Waals surface area contributed by atoms with E-state index in [1.54, 1.807) is 0 Å². The van der Waals surface area contributed by atoms with E-state index >= 15 is 0 Å². The molecule has 1 fully saturated rings. The summed E-state index contributed by atoms with van der Waals surface area (Å²) in [7, 11) is 6.32. The quantitative estimate of drug-likeness (QED) is 0.827. The molecule has 2 atom stereocenters. The minimum absolute atomic E-state index is 0.633. The Morgan fingerprint density at radius 3 is 2.83 bits per heavy atom. The van der Waals surface area contributed by atoms with Crippen molar-refractivity contribution in [3.63, 3.8) is 0 Å². The number of nitrogens with zero attached hydrogens (tertiary/aromatic N) is 3. The van der Waals surface area contributed by atoms with E-state index in [9.17, 15) is 0 Å². The first-order chi connectivity index (χ1) is 8.70. The molecule has 102 valence electrons. The van der Waals surface area contributed by atoms with Crippen LogP contribution in [0.5, 0.6) is 0 Å². The molecule has 0 aliphatic heterocycles. The van der Waals surface area contributed by atoms with Gasteiger partial charge >= 0.3 is 0 Å². The molecule has 1 aliphatic rings. The summed E-state index contributed by atoms with van der Waals surface area (Å²) in [6.45, 7) is 0.997. The first-order valence-electron chi connectivity index (χ1n) is 7.05. The van der Waals surface area contributed by atoms with Crippen molar-refractivity contribution in [2.24, 2.45) is 7.05 Å². The Hall–Kier alpha value is -0.870. The summed E-state index contributed by atoms with van der Waals surface area (Å²) in [6, 6.07) is 1.28. The molecule has 1 aromatic heterocycles. The molecular weight excluding hydrogens is 224 g/mol. The number of rotatable bonds is 4. The maximum atomic E-state index is 4.25. The van der Waals surface area contributed by atoms with Gasteiger partial charge in [0.25, 0.3) is 0 Å². The number of hydrogen-bond acceptors (Lipinski definition) is 3. The molecule has 1 N–H and O–H groups in total. The van der Waals surface area contributed by atoms with Gasteiger partial charge in [-0.1, -0.05) is 19.3 Å². The minimum Gasteiger partial charge on any atom is -0.315 e. The maximum absolute atomic E-state index is 4.25. The summed E-state index contributed by atoms with van der Waals surface area (Å²) < 4.78 is 1.88. The fraction of sp³-hybridized carbons (Fsp3) is 0.786. The molecule has 0 radical (unpaired) electrons. The van der Waals surface area contributed by atoms with Crippen molar-refractivity contribution in [2.75, 3.05) is 14.1 Å². The number of nitrogens with one attached hydrogen (secondary N) is 1. The zero-order valence-electron chi connectivity index (χ0n) is 11.9. The summed E-state index contributed by atoms with van der Waals surface area (Å²) in [5.41, 5.74) is 1.30. The van der Waals surface area contributed by atoms with E-state index in [0.717, 1.165) is 6.54 Å². The monoisotopic (exact) mass is 250 g/mol. The van der Waals surface area contributed by atoms with Crippen LogP contribution in [0.2, 0.25) is 0 Å². The molecule has 1 heterocycles. The van der Waals surface area contributed by atoms with Crippen molar-refractivity contribution in [3.05, 3.63) is 18.0 Å². The van der Waals surface area contributed by atoms with E-state index in [2.05, 4.69) is 35.6 Å². The van der Waals surface area contributed by atoms with Gasteiger partial charge in [0.2, 0.25) is 0 Å². The van der Waals surface area contributed by atoms with Gasteiger partial charge in [0, 0.05) is 37.4 Å². The number of aryl methyl sites for hydroxylation is 1. The second-order valence-corrected chi connectivity index (χ2v) is 5.54. The van der Waals surface area contributed by atoms with E-state index in [0.29, 0.717) is 12.1 Å². The Morgan fingerprint density at radius 1 is 1.39 bits per heavy atom. The largest absolute Gasteiger partial charge is 0.315 e. The van der Waals surface area contributed by atoms with Crippen LogP contribution < -0.4 is 5.32 Å². The van der Waals surface area contributed by atoms with E-state index < -0.39 is 0 Å². The molecule has 18 heavy (non-hydrogen) atoms. The Bertz CT molecular complexity index is 360. The number of hydrogen-bond donors (Lipinski definition) is 1. The summed E-state index contributed by atoms with van der Waals surface area (Å²) in [5, 5.41) is 7.75. The van der Waals surface area contributed by atoms with Crippen molar-refractivity contribution < 1.29 is 0 Å². The van der Waals surface area contributed by atoms with Crippen LogP contribution in [0.3, 0.4) is 0 Å². The zero-order valence-corrected chi connectivity index (χ0v) is 11.9. The molecule has 2 rings (SSSR count). The highest BCUT2D eigenvalue weighted by molar-refractivity contribution is 5.04. The van der Waals surface area contributed by atoms with Gasteiger partial charge in [0.15, 0.2) is 0 Å². The van der Waals surface area contributed by atoms with E-state index in [-0.39, 0.29) is 0 Å². The lowest BCUT2D eigenvalue weighted by molar-refractivity contribution is 0.179. The van der Waals surface area contributed by atoms with Crippen molar-refractivity contribution >= 4 is 0 Å². The zero-order chi connectivity index (χ0) is 13.0. The third-order valence-corrected chi connectivity index (χ3v) is 4.11. The smallest absolute Gasteiger partial charge is 0.0534 e. The molecule has 4 heteroatoms. The van der Waals surface area contributed by atoms with Crippen LogP contribution in [0.1, 0.15) is 37.7 Å². The van der Waals surface area contributed by atoms with Crippen LogP contribution in [-0.4, -0.2) is 40.9 Å². The van der Waals surface area contributed by atoms with Crippen molar-refractivity contribution in [2.45, 2.75) is 50.7 Å². The van der Waals surface area contributed by atoms with Gasteiger partial charge in [-0.2, -0.15) is 5.10 Å². The molecule has 0 amide bonds. The van der Waals surface area contributed by atoms with Crippen LogP contribution in [0.15, 0.2) is 12.4 Å². The standard InChI is InChI=1S/C14H26N4/c1-15-13-7-5-4-6-8-14(13)17(2)10-12-9-16-18(3)11-12/h9,11,13-15H,4-8,10H2,1-3H3. The molecule has 0 saturated heterocycles. The Balaban J connectivity index is 1.98. The molecule has 0 aromatic carbocycles. The lowest BCUT2D eigenvalue weighted by Crippen LogP contribution is -2.46. The Morgan fingerprint density at radius 2 is 2.17 bits per heavy atom. The average Bonchev–Trinajstić information content (AvgIpc) is 2.65. The van der Waals surface area contributed by atoms with Gasteiger partial charge in [-0.15, -0.1) is 0 Å². The normalized spacial score (nSPS) is 25.3. The fourth-order valence-electron chi connectivity index (χ4n) is 3.11. The lowest BCUT2D eigenvalue weighted by Gasteiger charge is -2.33. The summed E-state index contributed by atoms with van der Waals surface area (Å²) in [5.74, 6) is 0. The molecule has 0 spiro atoms. The summed E-state index contributed by atoms with van der Waals surface area (Å²) in [4.78, 5) is 2.49. The predicted molar refractivity (Wildman–Crippen MR) is 74.4 cm³/mol. The molecule has 0 bridgehead atoms. The van der Waals surface area contributed by atoms with Gasteiger partial charge in [0.05, 0.1) is 6.20 Å². The first-order valence-corrected chi connectivity index (χ1v) is 7.05.